The third kappa shape index (κ3) is 2.89. The maximum Gasteiger partial charge on any atom is 0.156 e. The Balaban J connectivity index is 3.09. The van der Waals surface area contributed by atoms with E-state index in [-0.39, 0.29) is 16.5 Å². The van der Waals surface area contributed by atoms with Gasteiger partial charge >= 0.3 is 0 Å². The van der Waals surface area contributed by atoms with Crippen LogP contribution in [0, 0.1) is 0 Å². The lowest BCUT2D eigenvalue weighted by atomic mass is 10.0. The van der Waals surface area contributed by atoms with Crippen LogP contribution >= 0.6 is 11.6 Å². The number of aldehydes is 1. The van der Waals surface area contributed by atoms with E-state index in [2.05, 4.69) is 15.3 Å². The molecule has 0 amide bonds. The van der Waals surface area contributed by atoms with E-state index in [0.29, 0.717) is 6.29 Å². The van der Waals surface area contributed by atoms with Crippen molar-refractivity contribution in [3.63, 3.8) is 0 Å². The molecule has 0 saturated carbocycles. The second-order valence-corrected chi connectivity index (χ2v) is 3.78. The summed E-state index contributed by atoms with van der Waals surface area (Å²) in [6.45, 7) is -1.63. The van der Waals surface area contributed by atoms with Crippen LogP contribution in [-0.4, -0.2) is 56.9 Å². The Morgan fingerprint density at radius 2 is 1.88 bits per heavy atom. The lowest BCUT2D eigenvalue weighted by Crippen LogP contribution is -2.49. The van der Waals surface area contributed by atoms with E-state index in [4.69, 9.17) is 26.9 Å². The van der Waals surface area contributed by atoms with Gasteiger partial charge in [0, 0.05) is 0 Å². The lowest BCUT2D eigenvalue weighted by Gasteiger charge is -2.29. The first-order chi connectivity index (χ1) is 8.12. The summed E-state index contributed by atoms with van der Waals surface area (Å²) in [5.74, 6) is 0.0390. The predicted octanol–water partition coefficient (Wildman–Crippen LogP) is -0.930. The molecule has 8 heteroatoms. The van der Waals surface area contributed by atoms with Crippen molar-refractivity contribution in [3.05, 3.63) is 17.0 Å². The second kappa shape index (κ2) is 5.87. The van der Waals surface area contributed by atoms with Crippen LogP contribution in [0.15, 0.2) is 6.33 Å². The highest BCUT2D eigenvalue weighted by atomic mass is 35.5. The summed E-state index contributed by atoms with van der Waals surface area (Å²) in [5.41, 5.74) is -1.39. The van der Waals surface area contributed by atoms with E-state index < -0.39 is 25.4 Å². The zero-order chi connectivity index (χ0) is 12.9. The van der Waals surface area contributed by atoms with Crippen molar-refractivity contribution in [2.24, 2.45) is 0 Å². The van der Waals surface area contributed by atoms with E-state index in [0.717, 1.165) is 6.33 Å². The molecule has 0 fully saturated rings. The Bertz CT molecular complexity index is 390. The standard InChI is InChI=1S/C9H12ClN3O4/c10-7-6(1-14)8(12-5-11-7)13-9(2-15,3-16)4-17/h1,5,15-17H,2-4H2,(H,11,12,13). The van der Waals surface area contributed by atoms with Gasteiger partial charge in [-0.15, -0.1) is 0 Å². The Labute approximate surface area is 102 Å². The van der Waals surface area contributed by atoms with E-state index in [1.807, 2.05) is 0 Å². The maximum atomic E-state index is 10.8. The monoisotopic (exact) mass is 261 g/mol. The topological polar surface area (TPSA) is 116 Å². The summed E-state index contributed by atoms with van der Waals surface area (Å²) in [6.07, 6.45) is 1.57. The molecule has 4 N–H and O–H groups in total. The van der Waals surface area contributed by atoms with Gasteiger partial charge in [0.15, 0.2) is 6.29 Å². The van der Waals surface area contributed by atoms with Crippen molar-refractivity contribution in [2.45, 2.75) is 5.54 Å². The van der Waals surface area contributed by atoms with E-state index in [1.54, 1.807) is 0 Å². The number of hydrogen-bond acceptors (Lipinski definition) is 7. The van der Waals surface area contributed by atoms with Gasteiger partial charge in [-0.2, -0.15) is 0 Å². The van der Waals surface area contributed by atoms with Crippen molar-refractivity contribution in [3.8, 4) is 0 Å². The number of aliphatic hydroxyl groups is 3. The van der Waals surface area contributed by atoms with Crippen molar-refractivity contribution in [1.82, 2.24) is 9.97 Å². The van der Waals surface area contributed by atoms with Crippen molar-refractivity contribution >= 4 is 23.7 Å². The quantitative estimate of drug-likeness (QED) is 0.386. The van der Waals surface area contributed by atoms with Crippen LogP contribution in [-0.2, 0) is 0 Å². The molecule has 1 aromatic heterocycles. The van der Waals surface area contributed by atoms with Crippen molar-refractivity contribution in [2.75, 3.05) is 25.1 Å². The number of nitrogens with zero attached hydrogens (tertiary/aromatic N) is 2. The molecule has 0 unspecified atom stereocenters. The van der Waals surface area contributed by atoms with Crippen LogP contribution in [0.2, 0.25) is 5.15 Å². The number of anilines is 1. The van der Waals surface area contributed by atoms with E-state index in [1.165, 1.54) is 0 Å². The molecule has 0 radical (unpaired) electrons. The fraction of sp³-hybridized carbons (Fsp3) is 0.444. The smallest absolute Gasteiger partial charge is 0.156 e. The molecule has 0 spiro atoms. The molecular formula is C9H12ClN3O4. The summed E-state index contributed by atoms with van der Waals surface area (Å²) in [6, 6.07) is 0. The number of carbonyl (C=O) groups is 1. The number of aliphatic hydroxyl groups excluding tert-OH is 3. The summed E-state index contributed by atoms with van der Waals surface area (Å²) >= 11 is 5.68. The van der Waals surface area contributed by atoms with Crippen LogP contribution < -0.4 is 5.32 Å². The fourth-order valence-corrected chi connectivity index (χ4v) is 1.28. The minimum atomic E-state index is -1.38. The number of halogens is 1. The Kier molecular flexibility index (Phi) is 4.76. The average Bonchev–Trinajstić information content (AvgIpc) is 2.36. The summed E-state index contributed by atoms with van der Waals surface area (Å²) in [5, 5.41) is 29.9. The third-order valence-electron chi connectivity index (χ3n) is 2.24. The largest absolute Gasteiger partial charge is 0.394 e. The van der Waals surface area contributed by atoms with Gasteiger partial charge in [-0.1, -0.05) is 11.6 Å². The normalized spacial score (nSPS) is 11.3. The zero-order valence-electron chi connectivity index (χ0n) is 8.80. The van der Waals surface area contributed by atoms with Gasteiger partial charge in [0.25, 0.3) is 0 Å². The van der Waals surface area contributed by atoms with Gasteiger partial charge in [0.2, 0.25) is 0 Å². The van der Waals surface area contributed by atoms with Gasteiger partial charge in [-0.25, -0.2) is 9.97 Å². The Hall–Kier alpha value is -1.28. The number of aromatic nitrogens is 2. The summed E-state index contributed by atoms with van der Waals surface area (Å²) in [4.78, 5) is 18.2. The zero-order valence-corrected chi connectivity index (χ0v) is 9.55. The summed E-state index contributed by atoms with van der Waals surface area (Å²) in [7, 11) is 0. The number of hydrogen-bond donors (Lipinski definition) is 4. The molecule has 0 aliphatic carbocycles. The van der Waals surface area contributed by atoms with Crippen LogP contribution in [0.25, 0.3) is 0 Å². The molecule has 7 nitrogen and oxygen atoms in total. The van der Waals surface area contributed by atoms with Crippen LogP contribution in [0.5, 0.6) is 0 Å². The van der Waals surface area contributed by atoms with E-state index >= 15 is 0 Å². The van der Waals surface area contributed by atoms with Crippen LogP contribution in [0.1, 0.15) is 10.4 Å². The molecule has 0 aliphatic heterocycles. The highest BCUT2D eigenvalue weighted by Crippen LogP contribution is 2.20. The first-order valence-electron chi connectivity index (χ1n) is 4.69. The highest BCUT2D eigenvalue weighted by Gasteiger charge is 2.29. The molecule has 1 heterocycles. The van der Waals surface area contributed by atoms with Crippen LogP contribution in [0.4, 0.5) is 5.82 Å². The molecule has 0 bridgehead atoms. The molecular weight excluding hydrogens is 250 g/mol. The highest BCUT2D eigenvalue weighted by molar-refractivity contribution is 6.32. The predicted molar refractivity (Wildman–Crippen MR) is 60.0 cm³/mol. The Morgan fingerprint density at radius 3 is 2.35 bits per heavy atom. The molecule has 0 aliphatic rings. The number of carbonyl (C=O) groups excluding carboxylic acids is 1. The van der Waals surface area contributed by atoms with E-state index in [9.17, 15) is 4.79 Å². The molecule has 0 saturated heterocycles. The average molecular weight is 262 g/mol. The van der Waals surface area contributed by atoms with Gasteiger partial charge in [0.05, 0.1) is 25.4 Å². The van der Waals surface area contributed by atoms with Gasteiger partial charge in [-0.05, 0) is 0 Å². The first kappa shape index (κ1) is 13.8. The van der Waals surface area contributed by atoms with Gasteiger partial charge in [-0.3, -0.25) is 4.79 Å². The molecule has 0 atom stereocenters. The minimum absolute atomic E-state index is 0.00566. The fourth-order valence-electron chi connectivity index (χ4n) is 1.10. The van der Waals surface area contributed by atoms with Crippen LogP contribution in [0.3, 0.4) is 0 Å². The molecule has 1 rings (SSSR count). The molecule has 1 aromatic rings. The molecule has 0 aromatic carbocycles. The molecule has 17 heavy (non-hydrogen) atoms. The number of nitrogens with one attached hydrogen (secondary N) is 1. The van der Waals surface area contributed by atoms with Gasteiger partial charge < -0.3 is 20.6 Å². The first-order valence-corrected chi connectivity index (χ1v) is 5.06. The third-order valence-corrected chi connectivity index (χ3v) is 2.55. The van der Waals surface area contributed by atoms with Crippen molar-refractivity contribution in [1.29, 1.82) is 0 Å². The Morgan fingerprint density at radius 1 is 1.29 bits per heavy atom. The number of rotatable bonds is 6. The second-order valence-electron chi connectivity index (χ2n) is 3.42. The minimum Gasteiger partial charge on any atom is -0.394 e. The molecule has 94 valence electrons. The lowest BCUT2D eigenvalue weighted by molar-refractivity contribution is 0.0829. The maximum absolute atomic E-state index is 10.8. The van der Waals surface area contributed by atoms with Gasteiger partial charge in [0.1, 0.15) is 22.8 Å². The SMILES string of the molecule is O=Cc1c(Cl)ncnc1NC(CO)(CO)CO. The van der Waals surface area contributed by atoms with Crippen molar-refractivity contribution < 1.29 is 20.1 Å². The summed E-state index contributed by atoms with van der Waals surface area (Å²) < 4.78 is 0.